The summed E-state index contributed by atoms with van der Waals surface area (Å²) in [6.07, 6.45) is 1.96. The van der Waals surface area contributed by atoms with E-state index in [9.17, 15) is 9.50 Å². The third-order valence-electron chi connectivity index (χ3n) is 6.09. The lowest BCUT2D eigenvalue weighted by atomic mass is 10.1. The van der Waals surface area contributed by atoms with E-state index < -0.39 is 0 Å². The Labute approximate surface area is 183 Å². The van der Waals surface area contributed by atoms with Crippen LogP contribution in [0.4, 0.5) is 4.39 Å². The molecule has 0 amide bonds. The van der Waals surface area contributed by atoms with Crippen LogP contribution in [0.25, 0.3) is 44.0 Å². The van der Waals surface area contributed by atoms with E-state index in [1.807, 2.05) is 60.8 Å². The second kappa shape index (κ2) is 7.32. The number of hydrogen-bond donors (Lipinski definition) is 2. The predicted octanol–water partition coefficient (Wildman–Crippen LogP) is 6.02. The first kappa shape index (κ1) is 18.8. The van der Waals surface area contributed by atoms with Crippen molar-refractivity contribution >= 4 is 32.7 Å². The molecule has 3 heterocycles. The molecule has 156 valence electrons. The van der Waals surface area contributed by atoms with Crippen molar-refractivity contribution in [3.05, 3.63) is 102 Å². The fourth-order valence-corrected chi connectivity index (χ4v) is 4.62. The van der Waals surface area contributed by atoms with Gasteiger partial charge in [-0.2, -0.15) is 0 Å². The Hall–Kier alpha value is -3.96. The molecule has 3 aromatic carbocycles. The zero-order valence-electron chi connectivity index (χ0n) is 17.2. The highest BCUT2D eigenvalue weighted by atomic mass is 19.1. The maximum absolute atomic E-state index is 14.6. The molecule has 3 aromatic heterocycles. The average Bonchev–Trinajstić information content (AvgIpc) is 3.40. The number of halogens is 1. The number of rotatable bonds is 4. The minimum atomic E-state index is -0.230. The first-order valence-corrected chi connectivity index (χ1v) is 10.6. The van der Waals surface area contributed by atoms with Gasteiger partial charge in [-0.15, -0.1) is 0 Å². The number of aromatic nitrogens is 3. The number of nitrogens with zero attached hydrogens (tertiary/aromatic N) is 2. The van der Waals surface area contributed by atoms with Crippen LogP contribution in [0.2, 0.25) is 0 Å². The van der Waals surface area contributed by atoms with Crippen LogP contribution in [0.15, 0.2) is 85.1 Å². The lowest BCUT2D eigenvalue weighted by Gasteiger charge is -2.12. The van der Waals surface area contributed by atoms with Gasteiger partial charge in [-0.1, -0.05) is 54.6 Å². The fraction of sp³-hybridized carbons (Fsp3) is 0.0741. The summed E-state index contributed by atoms with van der Waals surface area (Å²) < 4.78 is 16.7. The Kier molecular flexibility index (Phi) is 4.30. The summed E-state index contributed by atoms with van der Waals surface area (Å²) in [5, 5.41) is 13.1. The molecule has 2 N–H and O–H groups in total. The molecule has 0 aliphatic heterocycles. The Morgan fingerprint density at radius 1 is 0.875 bits per heavy atom. The summed E-state index contributed by atoms with van der Waals surface area (Å²) in [4.78, 5) is 8.18. The lowest BCUT2D eigenvalue weighted by Crippen LogP contribution is -2.04. The summed E-state index contributed by atoms with van der Waals surface area (Å²) in [5.74, 6) is -0.230. The van der Waals surface area contributed by atoms with Crippen molar-refractivity contribution in [2.45, 2.75) is 13.2 Å². The van der Waals surface area contributed by atoms with Gasteiger partial charge in [0.15, 0.2) is 0 Å². The third-order valence-corrected chi connectivity index (χ3v) is 6.09. The smallest absolute Gasteiger partial charge is 0.128 e. The number of nitrogens with one attached hydrogen (secondary N) is 1. The van der Waals surface area contributed by atoms with Crippen LogP contribution in [-0.2, 0) is 13.2 Å². The highest BCUT2D eigenvalue weighted by Gasteiger charge is 2.20. The number of para-hydroxylation sites is 2. The molecule has 0 aliphatic rings. The number of aromatic amines is 1. The molecule has 6 aromatic rings. The standard InChI is InChI=1S/C27H20FN3O/c28-23-10-4-1-7-17(23)15-31-25-12-6-3-9-20(25)21-13-18(16-32)30-26(27(21)31)22-14-29-24-11-5-2-8-19(22)24/h1-14,29,32H,15-16H2. The van der Waals surface area contributed by atoms with E-state index in [2.05, 4.69) is 21.7 Å². The lowest BCUT2D eigenvalue weighted by molar-refractivity contribution is 0.277. The Morgan fingerprint density at radius 3 is 2.47 bits per heavy atom. The number of hydrogen-bond acceptors (Lipinski definition) is 2. The number of pyridine rings is 1. The van der Waals surface area contributed by atoms with Gasteiger partial charge in [0.1, 0.15) is 5.82 Å². The normalized spacial score (nSPS) is 11.7. The highest BCUT2D eigenvalue weighted by Crippen LogP contribution is 2.38. The Bertz CT molecular complexity index is 1610. The van der Waals surface area contributed by atoms with Crippen LogP contribution >= 0.6 is 0 Å². The van der Waals surface area contributed by atoms with Crippen molar-refractivity contribution in [3.63, 3.8) is 0 Å². The number of fused-ring (bicyclic) bond motifs is 4. The highest BCUT2D eigenvalue weighted by molar-refractivity contribution is 6.14. The van der Waals surface area contributed by atoms with Gasteiger partial charge in [0.2, 0.25) is 0 Å². The second-order valence-corrected chi connectivity index (χ2v) is 7.96. The van der Waals surface area contributed by atoms with Gasteiger partial charge < -0.3 is 14.7 Å². The zero-order chi connectivity index (χ0) is 21.7. The first-order chi connectivity index (χ1) is 15.7. The molecular weight excluding hydrogens is 401 g/mol. The van der Waals surface area contributed by atoms with E-state index in [4.69, 9.17) is 4.98 Å². The third kappa shape index (κ3) is 2.82. The largest absolute Gasteiger partial charge is 0.390 e. The van der Waals surface area contributed by atoms with Crippen LogP contribution < -0.4 is 0 Å². The minimum Gasteiger partial charge on any atom is -0.390 e. The molecule has 0 fully saturated rings. The van der Waals surface area contributed by atoms with E-state index in [1.165, 1.54) is 6.07 Å². The van der Waals surface area contributed by atoms with E-state index >= 15 is 0 Å². The number of benzene rings is 3. The quantitative estimate of drug-likeness (QED) is 0.366. The molecule has 0 saturated carbocycles. The number of aliphatic hydroxyl groups excluding tert-OH is 1. The molecule has 0 bridgehead atoms. The Balaban J connectivity index is 1.74. The van der Waals surface area contributed by atoms with Gasteiger partial charge in [-0.3, -0.25) is 0 Å². The van der Waals surface area contributed by atoms with Crippen molar-refractivity contribution in [2.75, 3.05) is 0 Å². The molecule has 0 aliphatic carbocycles. The maximum atomic E-state index is 14.6. The number of aliphatic hydroxyl groups is 1. The zero-order valence-corrected chi connectivity index (χ0v) is 17.2. The van der Waals surface area contributed by atoms with E-state index in [0.717, 1.165) is 44.0 Å². The van der Waals surface area contributed by atoms with Crippen molar-refractivity contribution in [2.24, 2.45) is 0 Å². The molecule has 4 nitrogen and oxygen atoms in total. The average molecular weight is 421 g/mol. The summed E-state index contributed by atoms with van der Waals surface area (Å²) >= 11 is 0. The maximum Gasteiger partial charge on any atom is 0.128 e. The van der Waals surface area contributed by atoms with E-state index in [0.29, 0.717) is 17.8 Å². The molecular formula is C27H20FN3O. The number of H-pyrrole nitrogens is 1. The predicted molar refractivity (Wildman–Crippen MR) is 126 cm³/mol. The summed E-state index contributed by atoms with van der Waals surface area (Å²) in [5.41, 5.74) is 5.90. The minimum absolute atomic E-state index is 0.155. The molecule has 0 spiro atoms. The van der Waals surface area contributed by atoms with Gasteiger partial charge in [0, 0.05) is 44.5 Å². The van der Waals surface area contributed by atoms with Crippen LogP contribution in [0, 0.1) is 5.82 Å². The molecule has 6 rings (SSSR count). The monoisotopic (exact) mass is 421 g/mol. The van der Waals surface area contributed by atoms with Gasteiger partial charge in [-0.05, 0) is 24.3 Å². The first-order valence-electron chi connectivity index (χ1n) is 10.6. The van der Waals surface area contributed by atoms with Crippen molar-refractivity contribution in [3.8, 4) is 11.3 Å². The van der Waals surface area contributed by atoms with Gasteiger partial charge in [0.05, 0.1) is 30.1 Å². The summed E-state index contributed by atoms with van der Waals surface area (Å²) in [7, 11) is 0. The molecule has 0 unspecified atom stereocenters. The summed E-state index contributed by atoms with van der Waals surface area (Å²) in [6, 6.07) is 25.0. The topological polar surface area (TPSA) is 53.8 Å². The van der Waals surface area contributed by atoms with Crippen LogP contribution in [0.3, 0.4) is 0 Å². The molecule has 32 heavy (non-hydrogen) atoms. The fourth-order valence-electron chi connectivity index (χ4n) is 4.62. The molecule has 0 atom stereocenters. The Morgan fingerprint density at radius 2 is 1.62 bits per heavy atom. The van der Waals surface area contributed by atoms with E-state index in [-0.39, 0.29) is 12.4 Å². The van der Waals surface area contributed by atoms with Gasteiger partial charge in [0.25, 0.3) is 0 Å². The van der Waals surface area contributed by atoms with Crippen molar-refractivity contribution in [1.29, 1.82) is 0 Å². The molecule has 0 saturated heterocycles. The van der Waals surface area contributed by atoms with Crippen LogP contribution in [0.5, 0.6) is 0 Å². The SMILES string of the molecule is OCc1cc2c3ccccc3n(Cc3ccccc3F)c2c(-c2c[nH]c3ccccc23)n1. The summed E-state index contributed by atoms with van der Waals surface area (Å²) in [6.45, 7) is 0.226. The van der Waals surface area contributed by atoms with Gasteiger partial charge in [-0.25, -0.2) is 9.37 Å². The van der Waals surface area contributed by atoms with Crippen LogP contribution in [-0.4, -0.2) is 19.6 Å². The van der Waals surface area contributed by atoms with E-state index in [1.54, 1.807) is 6.07 Å². The molecule has 5 heteroatoms. The van der Waals surface area contributed by atoms with Crippen molar-refractivity contribution in [1.82, 2.24) is 14.5 Å². The van der Waals surface area contributed by atoms with Crippen molar-refractivity contribution < 1.29 is 9.50 Å². The second-order valence-electron chi connectivity index (χ2n) is 7.96. The van der Waals surface area contributed by atoms with Crippen LogP contribution in [0.1, 0.15) is 11.3 Å². The van der Waals surface area contributed by atoms with Gasteiger partial charge >= 0.3 is 0 Å². The molecule has 0 radical (unpaired) electrons.